The van der Waals surface area contributed by atoms with Crippen LogP contribution < -0.4 is 10.6 Å². The normalized spacial score (nSPS) is 34.0. The Morgan fingerprint density at radius 2 is 1.06 bits per heavy atom. The lowest BCUT2D eigenvalue weighted by Crippen LogP contribution is -2.20. The van der Waals surface area contributed by atoms with Crippen molar-refractivity contribution < 1.29 is 20.4 Å². The fourth-order valence-electron chi connectivity index (χ4n) is 1.81. The summed E-state index contributed by atoms with van der Waals surface area (Å²) in [4.78, 5) is 0. The molecule has 2 heterocycles. The van der Waals surface area contributed by atoms with Crippen LogP contribution in [0.5, 0.6) is 0 Å². The van der Waals surface area contributed by atoms with Gasteiger partial charge in [-0.2, -0.15) is 0 Å². The average molecular weight is 307 g/mol. The third-order valence-electron chi connectivity index (χ3n) is 3.08. The van der Waals surface area contributed by atoms with Gasteiger partial charge in [0.25, 0.3) is 0 Å². The SMILES string of the molecule is Cl.Cl.OC[C@@H]1CNC[C@H]1O.OC[C@H]1CNC[C@@H]1O. The summed E-state index contributed by atoms with van der Waals surface area (Å²) < 4.78 is 0. The zero-order valence-electron chi connectivity index (χ0n) is 10.2. The Morgan fingerprint density at radius 1 is 0.722 bits per heavy atom. The van der Waals surface area contributed by atoms with Crippen LogP contribution in [0.2, 0.25) is 0 Å². The minimum atomic E-state index is -0.333. The molecule has 0 aromatic rings. The minimum absolute atomic E-state index is 0. The molecule has 6 nitrogen and oxygen atoms in total. The van der Waals surface area contributed by atoms with Crippen LogP contribution in [0.25, 0.3) is 0 Å². The van der Waals surface area contributed by atoms with Gasteiger partial charge in [0.15, 0.2) is 0 Å². The number of nitrogens with one attached hydrogen (secondary N) is 2. The number of aliphatic hydroxyl groups excluding tert-OH is 4. The van der Waals surface area contributed by atoms with Crippen LogP contribution in [0.4, 0.5) is 0 Å². The van der Waals surface area contributed by atoms with Crippen molar-refractivity contribution in [3.05, 3.63) is 0 Å². The van der Waals surface area contributed by atoms with Crippen molar-refractivity contribution >= 4 is 24.8 Å². The molecule has 0 radical (unpaired) electrons. The maximum absolute atomic E-state index is 8.97. The molecule has 4 atom stereocenters. The molecule has 0 saturated carbocycles. The highest BCUT2D eigenvalue weighted by atomic mass is 35.5. The molecule has 0 amide bonds. The predicted octanol–water partition coefficient (Wildman–Crippen LogP) is -2.04. The van der Waals surface area contributed by atoms with E-state index in [0.29, 0.717) is 13.1 Å². The highest BCUT2D eigenvalue weighted by molar-refractivity contribution is 5.85. The van der Waals surface area contributed by atoms with Gasteiger partial charge in [0.1, 0.15) is 0 Å². The van der Waals surface area contributed by atoms with E-state index in [9.17, 15) is 0 Å². The lowest BCUT2D eigenvalue weighted by Gasteiger charge is -2.06. The molecule has 6 N–H and O–H groups in total. The molecule has 0 spiro atoms. The number of β-amino-alcohol motifs (C(OH)–C–C–N with tert-alkyl or cyclic N) is 2. The number of rotatable bonds is 2. The second kappa shape index (κ2) is 11.2. The van der Waals surface area contributed by atoms with Crippen molar-refractivity contribution in [1.82, 2.24) is 10.6 Å². The van der Waals surface area contributed by atoms with E-state index in [0.717, 1.165) is 13.1 Å². The first-order valence-electron chi connectivity index (χ1n) is 5.68. The largest absolute Gasteiger partial charge is 0.396 e. The monoisotopic (exact) mass is 306 g/mol. The van der Waals surface area contributed by atoms with Gasteiger partial charge < -0.3 is 31.1 Å². The maximum Gasteiger partial charge on any atom is 0.0726 e. The van der Waals surface area contributed by atoms with Gasteiger partial charge in [-0.3, -0.25) is 0 Å². The molecule has 0 aromatic heterocycles. The maximum atomic E-state index is 8.97. The van der Waals surface area contributed by atoms with Gasteiger partial charge in [0.2, 0.25) is 0 Å². The first-order valence-corrected chi connectivity index (χ1v) is 5.68. The summed E-state index contributed by atoms with van der Waals surface area (Å²) in [5.74, 6) is 0.130. The molecule has 112 valence electrons. The van der Waals surface area contributed by atoms with Gasteiger partial charge in [0.05, 0.1) is 12.2 Å². The smallest absolute Gasteiger partial charge is 0.0726 e. The summed E-state index contributed by atoms with van der Waals surface area (Å²) >= 11 is 0. The highest BCUT2D eigenvalue weighted by Gasteiger charge is 2.23. The van der Waals surface area contributed by atoms with Crippen molar-refractivity contribution in [3.63, 3.8) is 0 Å². The molecule has 2 aliphatic heterocycles. The van der Waals surface area contributed by atoms with Crippen LogP contribution in [0, 0.1) is 11.8 Å². The highest BCUT2D eigenvalue weighted by Crippen LogP contribution is 2.06. The van der Waals surface area contributed by atoms with Crippen LogP contribution >= 0.6 is 24.8 Å². The number of hydrogen-bond donors (Lipinski definition) is 6. The van der Waals surface area contributed by atoms with Crippen molar-refractivity contribution in [1.29, 1.82) is 0 Å². The van der Waals surface area contributed by atoms with E-state index in [1.54, 1.807) is 0 Å². The first kappa shape index (κ1) is 20.7. The quantitative estimate of drug-likeness (QED) is 0.351. The van der Waals surface area contributed by atoms with E-state index in [1.165, 1.54) is 0 Å². The lowest BCUT2D eigenvalue weighted by molar-refractivity contribution is 0.103. The molecular formula is C10H24Cl2N2O4. The summed E-state index contributed by atoms with van der Waals surface area (Å²) in [6.45, 7) is 2.94. The number of hydrogen-bond acceptors (Lipinski definition) is 6. The molecule has 8 heteroatoms. The Labute approximate surface area is 120 Å². The van der Waals surface area contributed by atoms with Crippen LogP contribution in [0.15, 0.2) is 0 Å². The van der Waals surface area contributed by atoms with E-state index in [2.05, 4.69) is 10.6 Å². The minimum Gasteiger partial charge on any atom is -0.396 e. The van der Waals surface area contributed by atoms with Crippen molar-refractivity contribution in [3.8, 4) is 0 Å². The van der Waals surface area contributed by atoms with E-state index < -0.39 is 0 Å². The van der Waals surface area contributed by atoms with Crippen molar-refractivity contribution in [2.45, 2.75) is 12.2 Å². The van der Waals surface area contributed by atoms with Gasteiger partial charge in [-0.15, -0.1) is 24.8 Å². The van der Waals surface area contributed by atoms with Crippen LogP contribution in [0.3, 0.4) is 0 Å². The van der Waals surface area contributed by atoms with Crippen molar-refractivity contribution in [2.75, 3.05) is 39.4 Å². The van der Waals surface area contributed by atoms with E-state index in [-0.39, 0.29) is 62.1 Å². The molecule has 18 heavy (non-hydrogen) atoms. The Bertz CT molecular complexity index is 183. The summed E-state index contributed by atoms with van der Waals surface area (Å²) in [7, 11) is 0. The Morgan fingerprint density at radius 3 is 1.17 bits per heavy atom. The van der Waals surface area contributed by atoms with Gasteiger partial charge in [-0.05, 0) is 0 Å². The van der Waals surface area contributed by atoms with E-state index >= 15 is 0 Å². The average Bonchev–Trinajstić information content (AvgIpc) is 2.87. The molecule has 2 saturated heterocycles. The van der Waals surface area contributed by atoms with Gasteiger partial charge in [0, 0.05) is 51.2 Å². The van der Waals surface area contributed by atoms with Crippen LogP contribution in [-0.4, -0.2) is 72.0 Å². The van der Waals surface area contributed by atoms with Crippen LogP contribution in [0.1, 0.15) is 0 Å². The second-order valence-corrected chi connectivity index (χ2v) is 4.34. The molecule has 0 unspecified atom stereocenters. The lowest BCUT2D eigenvalue weighted by atomic mass is 10.1. The van der Waals surface area contributed by atoms with E-state index in [4.69, 9.17) is 20.4 Å². The zero-order chi connectivity index (χ0) is 12.0. The van der Waals surface area contributed by atoms with Gasteiger partial charge >= 0.3 is 0 Å². The molecule has 2 fully saturated rings. The molecule has 2 rings (SSSR count). The topological polar surface area (TPSA) is 105 Å². The first-order chi connectivity index (χ1) is 7.69. The third-order valence-corrected chi connectivity index (χ3v) is 3.08. The number of halogens is 2. The Balaban J connectivity index is 0. The van der Waals surface area contributed by atoms with Gasteiger partial charge in [-0.1, -0.05) is 0 Å². The predicted molar refractivity (Wildman–Crippen MR) is 73.4 cm³/mol. The molecule has 0 aromatic carbocycles. The Kier molecular flexibility index (Phi) is 12.8. The fourth-order valence-corrected chi connectivity index (χ4v) is 1.81. The molecule has 2 aliphatic rings. The summed E-state index contributed by atoms with van der Waals surface area (Å²) in [6.07, 6.45) is -0.667. The van der Waals surface area contributed by atoms with E-state index in [1.807, 2.05) is 0 Å². The Hall–Kier alpha value is 0.340. The van der Waals surface area contributed by atoms with Crippen molar-refractivity contribution in [2.24, 2.45) is 11.8 Å². The zero-order valence-corrected chi connectivity index (χ0v) is 11.8. The summed E-state index contributed by atoms with van der Waals surface area (Å²) in [5, 5.41) is 40.9. The summed E-state index contributed by atoms with van der Waals surface area (Å²) in [6, 6.07) is 0. The van der Waals surface area contributed by atoms with Crippen LogP contribution in [-0.2, 0) is 0 Å². The van der Waals surface area contributed by atoms with Gasteiger partial charge in [-0.25, -0.2) is 0 Å². The summed E-state index contributed by atoms with van der Waals surface area (Å²) in [5.41, 5.74) is 0. The molecule has 0 aliphatic carbocycles. The fraction of sp³-hybridized carbons (Fsp3) is 1.00. The second-order valence-electron chi connectivity index (χ2n) is 4.34. The molecule has 0 bridgehead atoms. The molecular weight excluding hydrogens is 283 g/mol. The third kappa shape index (κ3) is 6.49. The number of aliphatic hydroxyl groups is 4. The standard InChI is InChI=1S/2C5H11NO2.2ClH/c2*7-3-4-1-6-2-5(4)8;;/h2*4-8H,1-3H2;2*1H/t2*4-,5+;;/m10../s1.